The molecule has 0 atom stereocenters. The second kappa shape index (κ2) is 9.88. The van der Waals surface area contributed by atoms with Crippen LogP contribution in [0.25, 0.3) is 32.7 Å². The normalized spacial score (nSPS) is 16.1. The third-order valence-electron chi connectivity index (χ3n) is 9.47. The van der Waals surface area contributed by atoms with E-state index in [9.17, 15) is 9.90 Å². The molecule has 0 spiro atoms. The van der Waals surface area contributed by atoms with Gasteiger partial charge < -0.3 is 25.7 Å². The maximum atomic E-state index is 14.2. The summed E-state index contributed by atoms with van der Waals surface area (Å²) in [6.45, 7) is 3.62. The molecule has 46 heavy (non-hydrogen) atoms. The number of nitrogens with zero attached hydrogens (tertiary/aromatic N) is 1. The van der Waals surface area contributed by atoms with Gasteiger partial charge in [0.1, 0.15) is 5.76 Å². The molecule has 0 unspecified atom stereocenters. The smallest absolute Gasteiger partial charge is 0.427 e. The van der Waals surface area contributed by atoms with Crippen molar-refractivity contribution in [1.82, 2.24) is 0 Å². The number of aryl methyl sites for hydroxylation is 2. The zero-order valence-corrected chi connectivity index (χ0v) is 25.3. The number of carbonyl (C=O) groups is 1. The van der Waals surface area contributed by atoms with E-state index in [2.05, 4.69) is 90.2 Å². The zero-order valence-electron chi connectivity index (χ0n) is 25.3. The quantitative estimate of drug-likeness (QED) is 0.217. The largest absolute Gasteiger partial charge is 0.506 e. The Bertz CT molecular complexity index is 2460. The number of allylic oxidation sites excluding steroid dienone is 2. The van der Waals surface area contributed by atoms with Crippen LogP contribution in [-0.2, 0) is 4.79 Å². The topological polar surface area (TPSA) is 85.8 Å². The van der Waals surface area contributed by atoms with Crippen molar-refractivity contribution in [3.63, 3.8) is 0 Å². The number of aliphatic hydroxyl groups is 1. The predicted molar refractivity (Wildman–Crippen MR) is 191 cm³/mol. The lowest BCUT2D eigenvalue weighted by Gasteiger charge is -2.31. The van der Waals surface area contributed by atoms with Crippen molar-refractivity contribution >= 4 is 80.4 Å². The Hall–Kier alpha value is -5.75. The Morgan fingerprint density at radius 2 is 1.26 bits per heavy atom. The number of benzene rings is 6. The lowest BCUT2D eigenvalue weighted by molar-refractivity contribution is -0.109. The van der Waals surface area contributed by atoms with Crippen molar-refractivity contribution in [2.75, 3.05) is 15.7 Å². The van der Waals surface area contributed by atoms with Gasteiger partial charge in [0.2, 0.25) is 5.78 Å². The monoisotopic (exact) mass is 594 g/mol. The predicted octanol–water partition coefficient (Wildman–Crippen LogP) is 4.99. The highest BCUT2D eigenvalue weighted by Gasteiger charge is 2.39. The fourth-order valence-corrected chi connectivity index (χ4v) is 7.05. The third-order valence-corrected chi connectivity index (χ3v) is 9.47. The molecular formula is C38H28B2N4O2. The number of nitrogens with one attached hydrogen (secondary N) is 3. The molecule has 9 rings (SSSR count). The van der Waals surface area contributed by atoms with Crippen LogP contribution in [-0.4, -0.2) is 24.9 Å². The van der Waals surface area contributed by atoms with Gasteiger partial charge in [-0.3, -0.25) is 4.79 Å². The minimum atomic E-state index is -0.319. The Kier molecular flexibility index (Phi) is 5.72. The minimum absolute atomic E-state index is 0.000927. The van der Waals surface area contributed by atoms with E-state index >= 15 is 0 Å². The molecule has 218 valence electrons. The van der Waals surface area contributed by atoms with Gasteiger partial charge in [0.15, 0.2) is 0 Å². The number of hydrogen-bond donors (Lipinski definition) is 4. The number of rotatable bonds is 3. The van der Waals surface area contributed by atoms with Gasteiger partial charge >= 0.3 is 14.0 Å². The maximum absolute atomic E-state index is 14.2. The molecule has 0 amide bonds. The summed E-state index contributed by atoms with van der Waals surface area (Å²) in [5.74, 6) is -0.189. The van der Waals surface area contributed by atoms with Crippen LogP contribution >= 0.6 is 0 Å². The molecule has 0 saturated heterocycles. The maximum Gasteiger partial charge on any atom is 0.427 e. The first-order chi connectivity index (χ1) is 22.4. The molecule has 3 aliphatic rings. The van der Waals surface area contributed by atoms with Gasteiger partial charge in [0.05, 0.1) is 16.5 Å². The molecular weight excluding hydrogens is 566 g/mol. The second-order valence-electron chi connectivity index (χ2n) is 12.4. The number of hydrogen-bond acceptors (Lipinski definition) is 6. The molecule has 2 aliphatic heterocycles. The van der Waals surface area contributed by atoms with Crippen LogP contribution in [0.2, 0.25) is 0 Å². The summed E-state index contributed by atoms with van der Waals surface area (Å²) in [7, 11) is 0. The van der Waals surface area contributed by atoms with Crippen LogP contribution in [0, 0.1) is 13.8 Å². The zero-order chi connectivity index (χ0) is 31.1. The molecule has 6 aromatic carbocycles. The molecule has 0 fully saturated rings. The Balaban J connectivity index is 1.24. The molecule has 4 N–H and O–H groups in total. The molecule has 6 nitrogen and oxygen atoms in total. The van der Waals surface area contributed by atoms with E-state index in [0.29, 0.717) is 21.9 Å². The van der Waals surface area contributed by atoms with Gasteiger partial charge in [0.25, 0.3) is 0 Å². The number of anilines is 3. The van der Waals surface area contributed by atoms with E-state index in [-0.39, 0.29) is 25.5 Å². The van der Waals surface area contributed by atoms with Gasteiger partial charge in [-0.05, 0) is 47.7 Å². The first kappa shape index (κ1) is 26.6. The van der Waals surface area contributed by atoms with Crippen molar-refractivity contribution in [2.24, 2.45) is 4.90 Å². The van der Waals surface area contributed by atoms with E-state index in [1.54, 1.807) is 0 Å². The first-order valence-corrected chi connectivity index (χ1v) is 15.6. The third kappa shape index (κ3) is 3.93. The Morgan fingerprint density at radius 1 is 0.630 bits per heavy atom. The van der Waals surface area contributed by atoms with E-state index in [1.165, 1.54) is 11.1 Å². The van der Waals surface area contributed by atoms with Gasteiger partial charge in [-0.15, -0.1) is 0 Å². The van der Waals surface area contributed by atoms with Crippen molar-refractivity contribution in [3.8, 4) is 0 Å². The molecule has 1 aliphatic carbocycles. The van der Waals surface area contributed by atoms with Gasteiger partial charge in [-0.25, -0.2) is 0 Å². The molecule has 0 bridgehead atoms. The standard InChI is InChI=1S/C38H28B2N4O2/c1-21-9-15-25(16-10-21)39-41-29-7-3-5-23-13-19-27(35(43-39)31(23)29)33-37(45)34(38(33)46)28-20-14-24-6-4-8-30-32(24)36(28)44-40(42-30)26-17-11-22(2)12-18-26/h3-20,41-43,45H,1-2H3/b34-28-. The SMILES string of the molecule is Cc1ccc(B2N=c3/c(=C4\C(=O)C(c5ccc6cccc7c6c5NB(c5ccc(C)cc5)N7)=C4O)ccc4cccc(c34)N2)cc1. The molecule has 6 aromatic rings. The fraction of sp³-hybridized carbons (Fsp3) is 0.0526. The molecule has 2 heterocycles. The Morgan fingerprint density at radius 3 is 1.96 bits per heavy atom. The van der Waals surface area contributed by atoms with Crippen molar-refractivity contribution in [1.29, 1.82) is 0 Å². The van der Waals surface area contributed by atoms with E-state index in [4.69, 9.17) is 4.90 Å². The number of carbonyl (C=O) groups excluding carboxylic acids is 1. The van der Waals surface area contributed by atoms with Crippen molar-refractivity contribution < 1.29 is 9.90 Å². The second-order valence-corrected chi connectivity index (χ2v) is 12.4. The lowest BCUT2D eigenvalue weighted by atomic mass is 9.65. The summed E-state index contributed by atoms with van der Waals surface area (Å²) in [5.41, 5.74) is 8.57. The van der Waals surface area contributed by atoms with Gasteiger partial charge in [0, 0.05) is 38.6 Å². The average molecular weight is 594 g/mol. The van der Waals surface area contributed by atoms with Crippen molar-refractivity contribution in [3.05, 3.63) is 142 Å². The first-order valence-electron chi connectivity index (χ1n) is 15.6. The molecule has 0 saturated carbocycles. The Labute approximate surface area is 266 Å². The fourth-order valence-electron chi connectivity index (χ4n) is 7.05. The summed E-state index contributed by atoms with van der Waals surface area (Å²) in [6, 6.07) is 36.8. The number of Topliss-reactive ketones (excluding diaryl/α,β-unsaturated/α-hetero) is 1. The highest BCUT2D eigenvalue weighted by atomic mass is 16.3. The van der Waals surface area contributed by atoms with Crippen molar-refractivity contribution in [2.45, 2.75) is 13.8 Å². The summed E-state index contributed by atoms with van der Waals surface area (Å²) in [5, 5.41) is 28.0. The average Bonchev–Trinajstić information content (AvgIpc) is 3.08. The van der Waals surface area contributed by atoms with E-state index in [0.717, 1.165) is 54.9 Å². The van der Waals surface area contributed by atoms with Crippen LogP contribution in [0.3, 0.4) is 0 Å². The summed E-state index contributed by atoms with van der Waals surface area (Å²) < 4.78 is 0. The molecule has 0 aromatic heterocycles. The van der Waals surface area contributed by atoms with Crippen LogP contribution in [0.15, 0.2) is 120 Å². The van der Waals surface area contributed by atoms with E-state index < -0.39 is 0 Å². The summed E-state index contributed by atoms with van der Waals surface area (Å²) >= 11 is 0. The molecule has 0 radical (unpaired) electrons. The van der Waals surface area contributed by atoms with Crippen LogP contribution in [0.4, 0.5) is 17.1 Å². The van der Waals surface area contributed by atoms with Crippen LogP contribution in [0.5, 0.6) is 0 Å². The van der Waals surface area contributed by atoms with E-state index in [1.807, 2.05) is 48.5 Å². The lowest BCUT2D eigenvalue weighted by Crippen LogP contribution is -2.48. The number of aliphatic hydroxyl groups excluding tert-OH is 1. The molecule has 8 heteroatoms. The van der Waals surface area contributed by atoms with Crippen LogP contribution in [0.1, 0.15) is 16.7 Å². The van der Waals surface area contributed by atoms with Crippen LogP contribution < -0.4 is 37.2 Å². The summed E-state index contributed by atoms with van der Waals surface area (Å²) in [4.78, 5) is 19.3. The highest BCUT2D eigenvalue weighted by Crippen LogP contribution is 2.45. The number of ketones is 1. The van der Waals surface area contributed by atoms with Gasteiger partial charge in [-0.2, -0.15) is 0 Å². The highest BCUT2D eigenvalue weighted by molar-refractivity contribution is 6.80. The minimum Gasteiger partial charge on any atom is -0.506 e. The van der Waals surface area contributed by atoms with Gasteiger partial charge in [-0.1, -0.05) is 108 Å². The summed E-state index contributed by atoms with van der Waals surface area (Å²) in [6.07, 6.45) is 0.